The molecule has 0 N–H and O–H groups in total. The molecule has 0 unspecified atom stereocenters. The molecule has 0 aliphatic carbocycles. The van der Waals surface area contributed by atoms with E-state index in [0.717, 1.165) is 39.4 Å². The van der Waals surface area contributed by atoms with Crippen molar-refractivity contribution in [3.05, 3.63) is 107 Å². The predicted molar refractivity (Wildman–Crippen MR) is 152 cm³/mol. The van der Waals surface area contributed by atoms with Crippen LogP contribution in [0.2, 0.25) is 0 Å². The van der Waals surface area contributed by atoms with Gasteiger partial charge in [0.2, 0.25) is 0 Å². The number of hydrogen-bond donors (Lipinski definition) is 0. The third kappa shape index (κ3) is 4.49. The van der Waals surface area contributed by atoms with Crippen molar-refractivity contribution in [3.63, 3.8) is 0 Å². The number of amides is 1. The van der Waals surface area contributed by atoms with Crippen LogP contribution in [-0.4, -0.2) is 63.6 Å². The number of anilines is 1. The molecule has 1 aliphatic heterocycles. The lowest BCUT2D eigenvalue weighted by Crippen LogP contribution is -2.49. The van der Waals surface area contributed by atoms with E-state index in [1.54, 1.807) is 18.3 Å². The number of methoxy groups -OCH3 is 1. The van der Waals surface area contributed by atoms with Crippen molar-refractivity contribution >= 4 is 28.4 Å². The van der Waals surface area contributed by atoms with E-state index in [1.165, 1.54) is 24.3 Å². The number of carbonyl (C=O) groups excluding carboxylic acids is 1. The number of nitro benzene ring substituents is 1. The van der Waals surface area contributed by atoms with Gasteiger partial charge in [-0.05, 0) is 29.8 Å². The first-order valence-electron chi connectivity index (χ1n) is 12.9. The maximum atomic E-state index is 13.1. The van der Waals surface area contributed by atoms with Crippen LogP contribution in [0.1, 0.15) is 10.4 Å². The molecule has 1 aliphatic rings. The van der Waals surface area contributed by atoms with E-state index in [4.69, 9.17) is 14.7 Å². The lowest BCUT2D eigenvalue weighted by molar-refractivity contribution is -0.384. The molecule has 5 aromatic rings. The Hall–Kier alpha value is -5.25. The van der Waals surface area contributed by atoms with Crippen LogP contribution in [0.25, 0.3) is 27.8 Å². The molecule has 0 saturated carbocycles. The van der Waals surface area contributed by atoms with E-state index < -0.39 is 4.92 Å². The van der Waals surface area contributed by atoms with Gasteiger partial charge in [-0.1, -0.05) is 42.5 Å². The lowest BCUT2D eigenvalue weighted by Gasteiger charge is -2.35. The zero-order chi connectivity index (χ0) is 27.6. The van der Waals surface area contributed by atoms with Crippen LogP contribution in [-0.2, 0) is 0 Å². The van der Waals surface area contributed by atoms with Gasteiger partial charge in [-0.2, -0.15) is 0 Å². The molecule has 6 rings (SSSR count). The zero-order valence-electron chi connectivity index (χ0n) is 21.8. The number of hydrogen-bond acceptors (Lipinski definition) is 7. The maximum Gasteiger partial charge on any atom is 0.269 e. The smallest absolute Gasteiger partial charge is 0.269 e. The Bertz CT molecular complexity index is 1690. The van der Waals surface area contributed by atoms with Crippen molar-refractivity contribution in [2.45, 2.75) is 0 Å². The zero-order valence-corrected chi connectivity index (χ0v) is 21.8. The molecule has 200 valence electrons. The van der Waals surface area contributed by atoms with Crippen molar-refractivity contribution in [1.82, 2.24) is 19.4 Å². The molecule has 1 saturated heterocycles. The van der Waals surface area contributed by atoms with E-state index in [9.17, 15) is 14.9 Å². The van der Waals surface area contributed by atoms with Crippen molar-refractivity contribution in [2.75, 3.05) is 38.2 Å². The van der Waals surface area contributed by atoms with Crippen LogP contribution in [0, 0.1) is 10.1 Å². The second-order valence-corrected chi connectivity index (χ2v) is 9.43. The molecule has 0 bridgehead atoms. The Balaban J connectivity index is 1.35. The van der Waals surface area contributed by atoms with Gasteiger partial charge in [0, 0.05) is 55.6 Å². The maximum absolute atomic E-state index is 13.1. The first-order chi connectivity index (χ1) is 19.5. The number of fused-ring (bicyclic) bond motifs is 1. The minimum Gasteiger partial charge on any atom is -0.495 e. The second-order valence-electron chi connectivity index (χ2n) is 9.43. The van der Waals surface area contributed by atoms with Gasteiger partial charge in [0.25, 0.3) is 11.6 Å². The summed E-state index contributed by atoms with van der Waals surface area (Å²) in [5, 5.41) is 11.9. The summed E-state index contributed by atoms with van der Waals surface area (Å²) in [6, 6.07) is 23.7. The highest BCUT2D eigenvalue weighted by molar-refractivity contribution is 6.02. The largest absolute Gasteiger partial charge is 0.495 e. The van der Waals surface area contributed by atoms with E-state index in [-0.39, 0.29) is 11.6 Å². The summed E-state index contributed by atoms with van der Waals surface area (Å²) in [4.78, 5) is 37.0. The van der Waals surface area contributed by atoms with Gasteiger partial charge in [0.15, 0.2) is 5.65 Å². The number of carbonyl (C=O) groups is 1. The standard InChI is InChI=1S/C30H26N6O4/c1-40-26-10-6-5-9-25(26)35-19-24(21-7-3-2-4-8-21)27-28(31-20-32-29(27)35)33-15-17-34(18-16-33)30(37)22-11-13-23(14-12-22)36(38)39/h2-14,19-20H,15-18H2,1H3. The third-order valence-electron chi connectivity index (χ3n) is 7.18. The highest BCUT2D eigenvalue weighted by Gasteiger charge is 2.27. The third-order valence-corrected chi connectivity index (χ3v) is 7.18. The molecule has 1 fully saturated rings. The summed E-state index contributed by atoms with van der Waals surface area (Å²) in [6.07, 6.45) is 3.65. The SMILES string of the molecule is COc1ccccc1-n1cc(-c2ccccc2)c2c(N3CCN(C(=O)c4ccc([N+](=O)[O-])cc4)CC3)ncnc21. The van der Waals surface area contributed by atoms with Crippen LogP contribution in [0.15, 0.2) is 91.4 Å². The molecule has 0 spiro atoms. The van der Waals surface area contributed by atoms with Crippen molar-refractivity contribution < 1.29 is 14.5 Å². The number of ether oxygens (including phenoxy) is 1. The number of non-ortho nitro benzene ring substituents is 1. The van der Waals surface area contributed by atoms with Crippen LogP contribution in [0.4, 0.5) is 11.5 Å². The molecule has 10 heteroatoms. The Morgan fingerprint density at radius 2 is 1.60 bits per heavy atom. The number of rotatable bonds is 6. The summed E-state index contributed by atoms with van der Waals surface area (Å²) in [5.41, 5.74) is 4.08. The molecule has 3 aromatic carbocycles. The molecular formula is C30H26N6O4. The molecule has 1 amide bonds. The molecular weight excluding hydrogens is 508 g/mol. The first kappa shape index (κ1) is 25.1. The Labute approximate surface area is 230 Å². The monoisotopic (exact) mass is 534 g/mol. The summed E-state index contributed by atoms with van der Waals surface area (Å²) in [7, 11) is 1.65. The molecule has 2 aromatic heterocycles. The van der Waals surface area contributed by atoms with Gasteiger partial charge in [0.05, 0.1) is 23.1 Å². The van der Waals surface area contributed by atoms with Crippen LogP contribution in [0.3, 0.4) is 0 Å². The fraction of sp³-hybridized carbons (Fsp3) is 0.167. The fourth-order valence-corrected chi connectivity index (χ4v) is 5.16. The number of piperazine rings is 1. The van der Waals surface area contributed by atoms with Crippen molar-refractivity contribution in [3.8, 4) is 22.6 Å². The Kier molecular flexibility index (Phi) is 6.57. The Morgan fingerprint density at radius 3 is 2.30 bits per heavy atom. The summed E-state index contributed by atoms with van der Waals surface area (Å²) < 4.78 is 7.69. The van der Waals surface area contributed by atoms with Gasteiger partial charge in [-0.15, -0.1) is 0 Å². The van der Waals surface area contributed by atoms with Crippen LogP contribution in [0.5, 0.6) is 5.75 Å². The minimum atomic E-state index is -0.472. The van der Waals surface area contributed by atoms with Gasteiger partial charge in [0.1, 0.15) is 17.9 Å². The molecule has 0 atom stereocenters. The predicted octanol–water partition coefficient (Wildman–Crippen LogP) is 4.97. The summed E-state index contributed by atoms with van der Waals surface area (Å²) in [5.74, 6) is 1.40. The fourth-order valence-electron chi connectivity index (χ4n) is 5.16. The van der Waals surface area contributed by atoms with Gasteiger partial charge >= 0.3 is 0 Å². The molecule has 10 nitrogen and oxygen atoms in total. The summed E-state index contributed by atoms with van der Waals surface area (Å²) in [6.45, 7) is 2.15. The van der Waals surface area contributed by atoms with Crippen molar-refractivity contribution in [2.24, 2.45) is 0 Å². The summed E-state index contributed by atoms with van der Waals surface area (Å²) >= 11 is 0. The van der Waals surface area contributed by atoms with E-state index in [0.29, 0.717) is 31.7 Å². The van der Waals surface area contributed by atoms with E-state index in [2.05, 4.69) is 23.2 Å². The average Bonchev–Trinajstić information content (AvgIpc) is 3.41. The highest BCUT2D eigenvalue weighted by atomic mass is 16.6. The van der Waals surface area contributed by atoms with Gasteiger partial charge in [-0.3, -0.25) is 19.5 Å². The topological polar surface area (TPSA) is 107 Å². The number of benzene rings is 3. The number of aromatic nitrogens is 3. The number of para-hydroxylation sites is 2. The number of nitro groups is 1. The number of nitrogens with zero attached hydrogens (tertiary/aromatic N) is 6. The highest BCUT2D eigenvalue weighted by Crippen LogP contribution is 2.38. The second kappa shape index (κ2) is 10.5. The van der Waals surface area contributed by atoms with E-state index in [1.807, 2.05) is 47.0 Å². The van der Waals surface area contributed by atoms with Crippen molar-refractivity contribution in [1.29, 1.82) is 0 Å². The molecule has 3 heterocycles. The average molecular weight is 535 g/mol. The van der Waals surface area contributed by atoms with Crippen LogP contribution >= 0.6 is 0 Å². The minimum absolute atomic E-state index is 0.0385. The quantitative estimate of drug-likeness (QED) is 0.224. The Morgan fingerprint density at radius 1 is 0.900 bits per heavy atom. The normalized spacial score (nSPS) is 13.4. The van der Waals surface area contributed by atoms with E-state index >= 15 is 0 Å². The van der Waals surface area contributed by atoms with Gasteiger partial charge < -0.3 is 14.5 Å². The van der Waals surface area contributed by atoms with Gasteiger partial charge in [-0.25, -0.2) is 9.97 Å². The molecule has 40 heavy (non-hydrogen) atoms. The first-order valence-corrected chi connectivity index (χ1v) is 12.9. The lowest BCUT2D eigenvalue weighted by atomic mass is 10.1. The molecule has 0 radical (unpaired) electrons. The van der Waals surface area contributed by atoms with Crippen LogP contribution < -0.4 is 9.64 Å².